The summed E-state index contributed by atoms with van der Waals surface area (Å²) >= 11 is 11.9. The van der Waals surface area contributed by atoms with Gasteiger partial charge in [-0.3, -0.25) is 10.1 Å². The van der Waals surface area contributed by atoms with Crippen LogP contribution in [0.3, 0.4) is 0 Å². The van der Waals surface area contributed by atoms with Crippen LogP contribution in [0.2, 0.25) is 10.2 Å². The highest BCUT2D eigenvalue weighted by atomic mass is 35.5. The Balaban J connectivity index is 2.36. The van der Waals surface area contributed by atoms with E-state index in [2.05, 4.69) is 5.32 Å². The topological polar surface area (TPSA) is 120 Å². The third-order valence-corrected chi connectivity index (χ3v) is 4.95. The molecule has 0 spiro atoms. The number of rotatable bonds is 5. The van der Waals surface area contributed by atoms with Crippen LogP contribution in [0.4, 0.5) is 11.4 Å². The van der Waals surface area contributed by atoms with Crippen molar-refractivity contribution in [2.75, 3.05) is 5.32 Å². The Morgan fingerprint density at radius 1 is 1.35 bits per heavy atom. The molecule has 0 radical (unpaired) electrons. The van der Waals surface area contributed by atoms with Crippen LogP contribution in [-0.2, 0) is 23.6 Å². The van der Waals surface area contributed by atoms with Crippen molar-refractivity contribution in [1.29, 1.82) is 0 Å². The van der Waals surface area contributed by atoms with Crippen molar-refractivity contribution in [3.63, 3.8) is 0 Å². The highest BCUT2D eigenvalue weighted by Gasteiger charge is 2.19. The van der Waals surface area contributed by atoms with Crippen LogP contribution in [0.25, 0.3) is 0 Å². The molecule has 0 aliphatic rings. The van der Waals surface area contributed by atoms with Crippen molar-refractivity contribution in [3.8, 4) is 0 Å². The number of anilines is 1. The fourth-order valence-corrected chi connectivity index (χ4v) is 3.10. The average Bonchev–Trinajstić information content (AvgIpc) is 2.71. The first-order valence-electron chi connectivity index (χ1n) is 6.16. The number of nitro groups is 1. The molecule has 0 unspecified atom stereocenters. The number of nitro benzene ring substituents is 1. The monoisotopic (exact) mass is 378 g/mol. The van der Waals surface area contributed by atoms with Crippen molar-refractivity contribution < 1.29 is 13.3 Å². The fraction of sp³-hybridized carbons (Fsp3) is 0.167. The Hall–Kier alpha value is -1.81. The van der Waals surface area contributed by atoms with E-state index in [-0.39, 0.29) is 22.8 Å². The van der Waals surface area contributed by atoms with E-state index in [0.717, 1.165) is 6.07 Å². The van der Waals surface area contributed by atoms with Gasteiger partial charge in [0.2, 0.25) is 10.0 Å². The van der Waals surface area contributed by atoms with E-state index < -0.39 is 14.9 Å². The van der Waals surface area contributed by atoms with E-state index >= 15 is 0 Å². The van der Waals surface area contributed by atoms with E-state index in [4.69, 9.17) is 28.3 Å². The van der Waals surface area contributed by atoms with E-state index in [1.54, 1.807) is 17.7 Å². The first-order valence-corrected chi connectivity index (χ1v) is 8.46. The molecule has 8 nitrogen and oxygen atoms in total. The van der Waals surface area contributed by atoms with Gasteiger partial charge in [0, 0.05) is 24.9 Å². The van der Waals surface area contributed by atoms with Crippen LogP contribution in [0.15, 0.2) is 29.2 Å². The summed E-state index contributed by atoms with van der Waals surface area (Å²) in [6, 6.07) is 4.99. The van der Waals surface area contributed by atoms with Gasteiger partial charge in [-0.05, 0) is 12.1 Å². The summed E-state index contributed by atoms with van der Waals surface area (Å²) in [6.07, 6.45) is 0. The Kier molecular flexibility index (Phi) is 4.85. The summed E-state index contributed by atoms with van der Waals surface area (Å²) in [5.41, 5.74) is 0.467. The summed E-state index contributed by atoms with van der Waals surface area (Å²) in [7, 11) is -2.44. The maximum atomic E-state index is 11.6. The third kappa shape index (κ3) is 3.75. The molecule has 0 amide bonds. The minimum absolute atomic E-state index is 0.145. The van der Waals surface area contributed by atoms with Crippen LogP contribution in [0.1, 0.15) is 5.69 Å². The highest BCUT2D eigenvalue weighted by Crippen LogP contribution is 2.28. The van der Waals surface area contributed by atoms with Crippen molar-refractivity contribution in [2.24, 2.45) is 12.2 Å². The molecule has 0 bridgehead atoms. The van der Waals surface area contributed by atoms with Crippen LogP contribution in [0.5, 0.6) is 0 Å². The molecule has 1 heterocycles. The molecule has 2 rings (SSSR count). The van der Waals surface area contributed by atoms with Crippen LogP contribution in [-0.4, -0.2) is 17.9 Å². The lowest BCUT2D eigenvalue weighted by Crippen LogP contribution is -2.16. The van der Waals surface area contributed by atoms with Gasteiger partial charge in [0.1, 0.15) is 10.0 Å². The lowest BCUT2D eigenvalue weighted by molar-refractivity contribution is -0.385. The molecule has 0 fully saturated rings. The number of primary sulfonamides is 1. The quantitative estimate of drug-likeness (QED) is 0.611. The lowest BCUT2D eigenvalue weighted by atomic mass is 10.2. The summed E-state index contributed by atoms with van der Waals surface area (Å²) in [5, 5.41) is 19.5. The Bertz CT molecular complexity index is 879. The van der Waals surface area contributed by atoms with E-state index in [1.807, 2.05) is 0 Å². The average molecular weight is 379 g/mol. The standard InChI is InChI=1S/C12H12Cl2N4O4S/c1-17-8(4-9(13)12(17)14)6-16-10-3-2-7(18(19)20)5-11(10)23(15,21)22/h2-5,16H,6H2,1H3,(H2,15,21,22). The molecule has 0 aliphatic heterocycles. The second-order valence-corrected chi connectivity index (χ2v) is 6.96. The third-order valence-electron chi connectivity index (χ3n) is 3.16. The number of benzene rings is 1. The Labute approximate surface area is 142 Å². The zero-order valence-corrected chi connectivity index (χ0v) is 14.1. The molecule has 0 saturated carbocycles. The highest BCUT2D eigenvalue weighted by molar-refractivity contribution is 7.89. The fourth-order valence-electron chi connectivity index (χ4n) is 1.95. The van der Waals surface area contributed by atoms with Gasteiger partial charge in [0.15, 0.2) is 0 Å². The lowest BCUT2D eigenvalue weighted by Gasteiger charge is -2.11. The molecular formula is C12H12Cl2N4O4S. The number of hydrogen-bond donors (Lipinski definition) is 2. The van der Waals surface area contributed by atoms with Gasteiger partial charge in [-0.1, -0.05) is 23.2 Å². The molecular weight excluding hydrogens is 367 g/mol. The minimum atomic E-state index is -4.13. The number of non-ortho nitro benzene ring substituents is 1. The molecule has 0 aliphatic carbocycles. The second kappa shape index (κ2) is 6.36. The maximum Gasteiger partial charge on any atom is 0.270 e. The van der Waals surface area contributed by atoms with Crippen LogP contribution < -0.4 is 10.5 Å². The van der Waals surface area contributed by atoms with Gasteiger partial charge in [0.25, 0.3) is 5.69 Å². The van der Waals surface area contributed by atoms with Gasteiger partial charge in [-0.2, -0.15) is 0 Å². The predicted octanol–water partition coefficient (Wildman–Crippen LogP) is 2.50. The number of halogens is 2. The maximum absolute atomic E-state index is 11.6. The van der Waals surface area contributed by atoms with Crippen molar-refractivity contribution in [2.45, 2.75) is 11.4 Å². The number of nitrogens with two attached hydrogens (primary N) is 1. The molecule has 0 atom stereocenters. The smallest absolute Gasteiger partial charge is 0.270 e. The predicted molar refractivity (Wildman–Crippen MR) is 87.2 cm³/mol. The summed E-state index contributed by atoms with van der Waals surface area (Å²) in [4.78, 5) is 9.71. The van der Waals surface area contributed by atoms with Crippen molar-refractivity contribution in [3.05, 3.63) is 50.2 Å². The first kappa shape index (κ1) is 17.5. The zero-order valence-electron chi connectivity index (χ0n) is 11.8. The summed E-state index contributed by atoms with van der Waals surface area (Å²) in [5.74, 6) is 0. The molecule has 0 saturated heterocycles. The zero-order chi connectivity index (χ0) is 17.4. The Morgan fingerprint density at radius 2 is 2.00 bits per heavy atom. The first-order chi connectivity index (χ1) is 10.6. The summed E-state index contributed by atoms with van der Waals surface area (Å²) < 4.78 is 24.9. The summed E-state index contributed by atoms with van der Waals surface area (Å²) in [6.45, 7) is 0.198. The molecule has 1 aromatic carbocycles. The van der Waals surface area contributed by atoms with Gasteiger partial charge in [-0.25, -0.2) is 13.6 Å². The van der Waals surface area contributed by atoms with Gasteiger partial charge < -0.3 is 9.88 Å². The molecule has 3 N–H and O–H groups in total. The van der Waals surface area contributed by atoms with Crippen molar-refractivity contribution >= 4 is 44.6 Å². The van der Waals surface area contributed by atoms with Gasteiger partial charge in [0.05, 0.1) is 22.2 Å². The second-order valence-electron chi connectivity index (χ2n) is 4.67. The SMILES string of the molecule is Cn1c(CNc2ccc([N+](=O)[O-])cc2S(N)(=O)=O)cc(Cl)c1Cl. The van der Waals surface area contributed by atoms with Gasteiger partial charge in [-0.15, -0.1) is 0 Å². The molecule has 1 aromatic heterocycles. The van der Waals surface area contributed by atoms with E-state index in [9.17, 15) is 18.5 Å². The minimum Gasteiger partial charge on any atom is -0.378 e. The number of aromatic nitrogens is 1. The van der Waals surface area contributed by atoms with Crippen LogP contribution >= 0.6 is 23.2 Å². The molecule has 2 aromatic rings. The normalized spacial score (nSPS) is 11.5. The van der Waals surface area contributed by atoms with Gasteiger partial charge >= 0.3 is 0 Å². The largest absolute Gasteiger partial charge is 0.378 e. The number of sulfonamides is 1. The number of nitrogens with zero attached hydrogens (tertiary/aromatic N) is 2. The molecule has 11 heteroatoms. The van der Waals surface area contributed by atoms with E-state index in [1.165, 1.54) is 12.1 Å². The molecule has 23 heavy (non-hydrogen) atoms. The van der Waals surface area contributed by atoms with Crippen LogP contribution in [0, 0.1) is 10.1 Å². The number of hydrogen-bond acceptors (Lipinski definition) is 5. The molecule has 124 valence electrons. The van der Waals surface area contributed by atoms with Crippen molar-refractivity contribution in [1.82, 2.24) is 4.57 Å². The number of nitrogens with one attached hydrogen (secondary N) is 1. The Morgan fingerprint density at radius 3 is 2.48 bits per heavy atom. The van der Waals surface area contributed by atoms with E-state index in [0.29, 0.717) is 15.9 Å².